The number of ether oxygens (including phenoxy) is 1. The number of carbonyl (C=O) groups excluding carboxylic acids is 1. The first-order chi connectivity index (χ1) is 14.8. The molecule has 31 heavy (non-hydrogen) atoms. The van der Waals surface area contributed by atoms with Gasteiger partial charge in [-0.2, -0.15) is 4.31 Å². The van der Waals surface area contributed by atoms with Crippen LogP contribution in [0.3, 0.4) is 0 Å². The molecule has 1 amide bonds. The van der Waals surface area contributed by atoms with E-state index in [9.17, 15) is 13.2 Å². The molecule has 1 aliphatic rings. The highest BCUT2D eigenvalue weighted by molar-refractivity contribution is 7.89. The van der Waals surface area contributed by atoms with E-state index in [2.05, 4.69) is 10.6 Å². The Morgan fingerprint density at radius 2 is 1.81 bits per heavy atom. The monoisotopic (exact) mass is 481 g/mol. The number of thiocarbonyl (C=S) groups is 1. The summed E-state index contributed by atoms with van der Waals surface area (Å²) in [4.78, 5) is 12.3. The van der Waals surface area contributed by atoms with Crippen molar-refractivity contribution in [3.63, 3.8) is 0 Å². The van der Waals surface area contributed by atoms with Crippen molar-refractivity contribution < 1.29 is 17.9 Å². The first kappa shape index (κ1) is 23.5. The Kier molecular flexibility index (Phi) is 7.88. The highest BCUT2D eigenvalue weighted by Gasteiger charge is 2.25. The van der Waals surface area contributed by atoms with Gasteiger partial charge in [-0.05, 0) is 80.0 Å². The predicted molar refractivity (Wildman–Crippen MR) is 125 cm³/mol. The minimum Gasteiger partial charge on any atom is -0.483 e. The van der Waals surface area contributed by atoms with Crippen molar-refractivity contribution in [1.29, 1.82) is 0 Å². The number of benzene rings is 2. The molecule has 2 aromatic carbocycles. The van der Waals surface area contributed by atoms with E-state index in [4.69, 9.17) is 28.6 Å². The van der Waals surface area contributed by atoms with Crippen LogP contribution in [0.2, 0.25) is 5.02 Å². The van der Waals surface area contributed by atoms with Gasteiger partial charge < -0.3 is 10.1 Å². The van der Waals surface area contributed by atoms with E-state index in [1.165, 1.54) is 16.4 Å². The Labute approximate surface area is 192 Å². The van der Waals surface area contributed by atoms with Gasteiger partial charge in [0.05, 0.1) is 4.90 Å². The molecule has 3 rings (SSSR count). The lowest BCUT2D eigenvalue weighted by atomic mass is 10.2. The Morgan fingerprint density at radius 3 is 2.45 bits per heavy atom. The number of piperidine rings is 1. The summed E-state index contributed by atoms with van der Waals surface area (Å²) in [6.45, 7) is 2.73. The average molecular weight is 482 g/mol. The van der Waals surface area contributed by atoms with Crippen molar-refractivity contribution in [2.45, 2.75) is 31.1 Å². The molecular weight excluding hydrogens is 458 g/mol. The number of hydrogen-bond acceptors (Lipinski definition) is 5. The lowest BCUT2D eigenvalue weighted by molar-refractivity contribution is -0.121. The van der Waals surface area contributed by atoms with Crippen LogP contribution in [-0.2, 0) is 14.8 Å². The summed E-state index contributed by atoms with van der Waals surface area (Å²) in [5.74, 6) is 0.139. The summed E-state index contributed by atoms with van der Waals surface area (Å²) in [6, 6.07) is 11.4. The summed E-state index contributed by atoms with van der Waals surface area (Å²) in [5, 5.41) is 6.08. The summed E-state index contributed by atoms with van der Waals surface area (Å²) in [7, 11) is -3.49. The highest BCUT2D eigenvalue weighted by Crippen LogP contribution is 2.23. The molecular formula is C21H24ClN3O4S2. The number of nitrogens with zero attached hydrogens (tertiary/aromatic N) is 1. The molecule has 7 nitrogen and oxygen atoms in total. The second-order valence-corrected chi connectivity index (χ2v) is 9.97. The van der Waals surface area contributed by atoms with Crippen LogP contribution < -0.4 is 15.4 Å². The number of hydrogen-bond donors (Lipinski definition) is 2. The number of carbonyl (C=O) groups is 1. The van der Waals surface area contributed by atoms with Crippen LogP contribution in [0.25, 0.3) is 0 Å². The standard InChI is InChI=1S/C21H24ClN3O4S2/c1-15-13-16(22)5-10-19(15)29-14-20(26)24-21(30)23-17-6-8-18(9-7-17)31(27,28)25-11-3-2-4-12-25/h5-10,13H,2-4,11-12,14H2,1H3,(H2,23,24,26,30). The molecule has 0 bridgehead atoms. The van der Waals surface area contributed by atoms with Crippen LogP contribution >= 0.6 is 23.8 Å². The third kappa shape index (κ3) is 6.39. The van der Waals surface area contributed by atoms with E-state index in [0.717, 1.165) is 24.8 Å². The van der Waals surface area contributed by atoms with Gasteiger partial charge in [-0.15, -0.1) is 0 Å². The van der Waals surface area contributed by atoms with E-state index in [1.807, 2.05) is 6.92 Å². The van der Waals surface area contributed by atoms with Gasteiger partial charge in [-0.3, -0.25) is 10.1 Å². The zero-order valence-electron chi connectivity index (χ0n) is 17.1. The molecule has 1 fully saturated rings. The molecule has 2 aromatic rings. The predicted octanol–water partition coefficient (Wildman–Crippen LogP) is 3.72. The van der Waals surface area contributed by atoms with Crippen molar-refractivity contribution in [1.82, 2.24) is 9.62 Å². The smallest absolute Gasteiger partial charge is 0.264 e. The Hall–Kier alpha value is -2.20. The summed E-state index contributed by atoms with van der Waals surface area (Å²) >= 11 is 11.1. The Balaban J connectivity index is 1.51. The molecule has 1 heterocycles. The number of sulfonamides is 1. The van der Waals surface area contributed by atoms with E-state index in [-0.39, 0.29) is 16.6 Å². The largest absolute Gasteiger partial charge is 0.483 e. The van der Waals surface area contributed by atoms with Gasteiger partial charge in [0.25, 0.3) is 5.91 Å². The van der Waals surface area contributed by atoms with Crippen LogP contribution in [-0.4, -0.2) is 43.4 Å². The second-order valence-electron chi connectivity index (χ2n) is 7.19. The number of anilines is 1. The van der Waals surface area contributed by atoms with Crippen molar-refractivity contribution >= 4 is 50.5 Å². The SMILES string of the molecule is Cc1cc(Cl)ccc1OCC(=O)NC(=S)Nc1ccc(S(=O)(=O)N2CCCCC2)cc1. The highest BCUT2D eigenvalue weighted by atomic mass is 35.5. The third-order valence-corrected chi connectivity index (χ3v) is 7.17. The molecule has 0 atom stereocenters. The lowest BCUT2D eigenvalue weighted by Crippen LogP contribution is -2.37. The maximum Gasteiger partial charge on any atom is 0.264 e. The van der Waals surface area contributed by atoms with Gasteiger partial charge in [0.2, 0.25) is 10.0 Å². The van der Waals surface area contributed by atoms with Crippen molar-refractivity contribution in [2.75, 3.05) is 25.0 Å². The number of amides is 1. The molecule has 1 aliphatic heterocycles. The summed E-state index contributed by atoms with van der Waals surface area (Å²) in [5.41, 5.74) is 1.39. The normalized spacial score (nSPS) is 14.6. The molecule has 1 saturated heterocycles. The van der Waals surface area contributed by atoms with Crippen LogP contribution in [0.1, 0.15) is 24.8 Å². The molecule has 0 saturated carbocycles. The first-order valence-electron chi connectivity index (χ1n) is 9.86. The summed E-state index contributed by atoms with van der Waals surface area (Å²) < 4.78 is 32.4. The molecule has 166 valence electrons. The van der Waals surface area contributed by atoms with Crippen molar-refractivity contribution in [2.24, 2.45) is 0 Å². The van der Waals surface area contributed by atoms with E-state index in [1.54, 1.807) is 30.3 Å². The number of nitrogens with one attached hydrogen (secondary N) is 2. The molecule has 0 radical (unpaired) electrons. The van der Waals surface area contributed by atoms with E-state index >= 15 is 0 Å². The number of halogens is 1. The fourth-order valence-corrected chi connectivity index (χ4v) is 5.18. The first-order valence-corrected chi connectivity index (χ1v) is 12.1. The van der Waals surface area contributed by atoms with E-state index < -0.39 is 15.9 Å². The van der Waals surface area contributed by atoms with Gasteiger partial charge in [-0.25, -0.2) is 8.42 Å². The zero-order chi connectivity index (χ0) is 22.4. The molecule has 0 unspecified atom stereocenters. The number of rotatable bonds is 6. The van der Waals surface area contributed by atoms with E-state index in [0.29, 0.717) is 29.5 Å². The van der Waals surface area contributed by atoms with Crippen LogP contribution in [0.15, 0.2) is 47.4 Å². The fraction of sp³-hybridized carbons (Fsp3) is 0.333. The van der Waals surface area contributed by atoms with Gasteiger partial charge in [0.1, 0.15) is 5.75 Å². The molecule has 0 aliphatic carbocycles. The maximum atomic E-state index is 12.7. The Bertz CT molecular complexity index is 1050. The Morgan fingerprint density at radius 1 is 1.13 bits per heavy atom. The van der Waals surface area contributed by atoms with Crippen LogP contribution in [0.5, 0.6) is 5.75 Å². The maximum absolute atomic E-state index is 12.7. The zero-order valence-corrected chi connectivity index (χ0v) is 19.4. The molecule has 2 N–H and O–H groups in total. The summed E-state index contributed by atoms with van der Waals surface area (Å²) in [6.07, 6.45) is 2.82. The van der Waals surface area contributed by atoms with Crippen LogP contribution in [0.4, 0.5) is 5.69 Å². The minimum absolute atomic E-state index is 0.0908. The third-order valence-electron chi connectivity index (χ3n) is 4.81. The molecule has 0 aromatic heterocycles. The fourth-order valence-electron chi connectivity index (χ4n) is 3.21. The van der Waals surface area contributed by atoms with Gasteiger partial charge in [-0.1, -0.05) is 18.0 Å². The number of aryl methyl sites for hydroxylation is 1. The molecule has 10 heteroatoms. The second kappa shape index (κ2) is 10.4. The minimum atomic E-state index is -3.49. The topological polar surface area (TPSA) is 87.7 Å². The van der Waals surface area contributed by atoms with Crippen molar-refractivity contribution in [3.8, 4) is 5.75 Å². The van der Waals surface area contributed by atoms with Crippen LogP contribution in [0, 0.1) is 6.92 Å². The van der Waals surface area contributed by atoms with Gasteiger partial charge >= 0.3 is 0 Å². The quantitative estimate of drug-likeness (QED) is 0.611. The van der Waals surface area contributed by atoms with Gasteiger partial charge in [0.15, 0.2) is 11.7 Å². The van der Waals surface area contributed by atoms with Crippen molar-refractivity contribution in [3.05, 3.63) is 53.1 Å². The average Bonchev–Trinajstić information content (AvgIpc) is 2.74. The lowest BCUT2D eigenvalue weighted by Gasteiger charge is -2.25. The van der Waals surface area contributed by atoms with Gasteiger partial charge in [0, 0.05) is 23.8 Å². The molecule has 0 spiro atoms.